The van der Waals surface area contributed by atoms with E-state index in [2.05, 4.69) is 0 Å². The van der Waals surface area contributed by atoms with Crippen molar-refractivity contribution in [3.63, 3.8) is 0 Å². The van der Waals surface area contributed by atoms with Crippen LogP contribution >= 0.6 is 0 Å². The minimum Gasteiger partial charge on any atom is -0.397 e. The minimum atomic E-state index is 0. The molecule has 0 amide bonds. The second-order valence-corrected chi connectivity index (χ2v) is 2.56. The Bertz CT molecular complexity index is 176. The Balaban J connectivity index is -0.000000157. The molecule has 0 radical (unpaired) electrons. The summed E-state index contributed by atoms with van der Waals surface area (Å²) in [5.74, 6) is 0. The van der Waals surface area contributed by atoms with Crippen molar-refractivity contribution in [1.29, 1.82) is 0 Å². The minimum absolute atomic E-state index is 0. The average molecular weight is 417 g/mol. The maximum atomic E-state index is 7.57. The van der Waals surface area contributed by atoms with Crippen LogP contribution in [0.2, 0.25) is 0 Å². The van der Waals surface area contributed by atoms with E-state index in [4.69, 9.17) is 10.2 Å². The van der Waals surface area contributed by atoms with Gasteiger partial charge in [-0.1, -0.05) is 0 Å². The topological polar surface area (TPSA) is 40.5 Å². The van der Waals surface area contributed by atoms with Gasteiger partial charge in [-0.3, -0.25) is 0 Å². The molecule has 2 N–H and O–H groups in total. The molecule has 0 atom stereocenters. The first-order valence-electron chi connectivity index (χ1n) is 5.38. The van der Waals surface area contributed by atoms with E-state index < -0.39 is 0 Å². The van der Waals surface area contributed by atoms with Crippen LogP contribution in [-0.2, 0) is 21.1 Å². The molecule has 0 aliphatic rings. The summed E-state index contributed by atoms with van der Waals surface area (Å²) in [6.07, 6.45) is 0. The molecule has 0 saturated carbocycles. The quantitative estimate of drug-likeness (QED) is 0.648. The standard InChI is InChI=1S/2C5H5.2C2H6O.Pt/c2*1-2-4-5-3-1;2*1-2-3;/h2*1-5H;2*3H,2H2,1H3;/q2*-1;;;+2. The summed E-state index contributed by atoms with van der Waals surface area (Å²) >= 11 is 0. The number of aliphatic hydroxyl groups excluding tert-OH is 2. The van der Waals surface area contributed by atoms with Crippen molar-refractivity contribution in [3.05, 3.63) is 60.7 Å². The summed E-state index contributed by atoms with van der Waals surface area (Å²) in [5.41, 5.74) is 0. The molecule has 17 heavy (non-hydrogen) atoms. The number of rotatable bonds is 0. The van der Waals surface area contributed by atoms with Crippen LogP contribution in [0.1, 0.15) is 13.8 Å². The molecule has 2 aromatic rings. The van der Waals surface area contributed by atoms with Gasteiger partial charge in [-0.25, -0.2) is 24.3 Å². The van der Waals surface area contributed by atoms with Crippen molar-refractivity contribution >= 4 is 0 Å². The molecular formula is C14H22O2Pt. The van der Waals surface area contributed by atoms with E-state index in [9.17, 15) is 0 Å². The number of hydrogen-bond donors (Lipinski definition) is 2. The first kappa shape index (κ1) is 21.6. The molecule has 3 heteroatoms. The normalized spacial score (nSPS) is 6.82. The van der Waals surface area contributed by atoms with E-state index in [1.807, 2.05) is 60.7 Å². The van der Waals surface area contributed by atoms with Crippen molar-refractivity contribution in [1.82, 2.24) is 0 Å². The Kier molecular flexibility index (Phi) is 31.1. The Morgan fingerprint density at radius 3 is 0.941 bits per heavy atom. The van der Waals surface area contributed by atoms with Crippen LogP contribution in [0.5, 0.6) is 0 Å². The predicted octanol–water partition coefficient (Wildman–Crippen LogP) is 2.81. The molecule has 100 valence electrons. The van der Waals surface area contributed by atoms with Crippen LogP contribution < -0.4 is 0 Å². The molecule has 0 heterocycles. The fraction of sp³-hybridized carbons (Fsp3) is 0.286. The zero-order valence-corrected chi connectivity index (χ0v) is 12.7. The van der Waals surface area contributed by atoms with Crippen molar-refractivity contribution in [2.24, 2.45) is 0 Å². The van der Waals surface area contributed by atoms with Gasteiger partial charge in [0.1, 0.15) is 0 Å². The van der Waals surface area contributed by atoms with E-state index in [-0.39, 0.29) is 34.3 Å². The van der Waals surface area contributed by atoms with Gasteiger partial charge in [-0.15, -0.1) is 0 Å². The van der Waals surface area contributed by atoms with Crippen LogP contribution in [0.25, 0.3) is 0 Å². The predicted molar refractivity (Wildman–Crippen MR) is 69.6 cm³/mol. The second-order valence-electron chi connectivity index (χ2n) is 2.56. The zero-order chi connectivity index (χ0) is 12.5. The van der Waals surface area contributed by atoms with Crippen LogP contribution in [0.3, 0.4) is 0 Å². The smallest absolute Gasteiger partial charge is 0.397 e. The number of aliphatic hydroxyl groups is 2. The molecule has 0 fully saturated rings. The van der Waals surface area contributed by atoms with E-state index in [0.29, 0.717) is 0 Å². The fourth-order valence-electron chi connectivity index (χ4n) is 0.642. The zero-order valence-electron chi connectivity index (χ0n) is 10.4. The van der Waals surface area contributed by atoms with Gasteiger partial charge in [0, 0.05) is 13.2 Å². The second kappa shape index (κ2) is 24.5. The Morgan fingerprint density at radius 2 is 0.882 bits per heavy atom. The van der Waals surface area contributed by atoms with Gasteiger partial charge in [-0.2, -0.15) is 36.4 Å². The molecule has 0 bridgehead atoms. The average Bonchev–Trinajstić information content (AvgIpc) is 3.00. The molecule has 0 spiro atoms. The Labute approximate surface area is 119 Å². The van der Waals surface area contributed by atoms with Crippen LogP contribution in [0, 0.1) is 0 Å². The van der Waals surface area contributed by atoms with Gasteiger partial charge in [-0.05, 0) is 13.8 Å². The molecule has 0 aliphatic carbocycles. The van der Waals surface area contributed by atoms with Crippen molar-refractivity contribution in [2.45, 2.75) is 13.8 Å². The van der Waals surface area contributed by atoms with E-state index >= 15 is 0 Å². The van der Waals surface area contributed by atoms with E-state index in [1.165, 1.54) is 0 Å². The summed E-state index contributed by atoms with van der Waals surface area (Å²) in [7, 11) is 0. The van der Waals surface area contributed by atoms with Crippen molar-refractivity contribution < 1.29 is 31.3 Å². The summed E-state index contributed by atoms with van der Waals surface area (Å²) < 4.78 is 0. The van der Waals surface area contributed by atoms with Gasteiger partial charge >= 0.3 is 21.1 Å². The molecule has 0 unspecified atom stereocenters. The monoisotopic (exact) mass is 417 g/mol. The Morgan fingerprint density at radius 1 is 0.706 bits per heavy atom. The van der Waals surface area contributed by atoms with Gasteiger partial charge in [0.05, 0.1) is 0 Å². The summed E-state index contributed by atoms with van der Waals surface area (Å²) in [6, 6.07) is 20.0. The van der Waals surface area contributed by atoms with Gasteiger partial charge in [0.2, 0.25) is 0 Å². The van der Waals surface area contributed by atoms with Gasteiger partial charge in [0.25, 0.3) is 0 Å². The third-order valence-electron chi connectivity index (χ3n) is 1.11. The molecular weight excluding hydrogens is 395 g/mol. The SMILES string of the molecule is CCO.CCO.[Pt+2].c1cc[cH-]c1.c1cc[cH-]c1. The van der Waals surface area contributed by atoms with Gasteiger partial charge < -0.3 is 10.2 Å². The maximum absolute atomic E-state index is 7.57. The van der Waals surface area contributed by atoms with Crippen molar-refractivity contribution in [3.8, 4) is 0 Å². The van der Waals surface area contributed by atoms with E-state index in [0.717, 1.165) is 0 Å². The first-order chi connectivity index (χ1) is 7.83. The van der Waals surface area contributed by atoms with E-state index in [1.54, 1.807) is 13.8 Å². The summed E-state index contributed by atoms with van der Waals surface area (Å²) in [6.45, 7) is 3.86. The molecule has 0 aromatic heterocycles. The largest absolute Gasteiger partial charge is 2.00 e. The summed E-state index contributed by atoms with van der Waals surface area (Å²) in [4.78, 5) is 0. The first-order valence-corrected chi connectivity index (χ1v) is 5.38. The van der Waals surface area contributed by atoms with Crippen LogP contribution in [-0.4, -0.2) is 23.4 Å². The molecule has 2 aromatic carbocycles. The van der Waals surface area contributed by atoms with Crippen LogP contribution in [0.4, 0.5) is 0 Å². The third-order valence-corrected chi connectivity index (χ3v) is 1.11. The maximum Gasteiger partial charge on any atom is 2.00 e. The molecule has 0 aliphatic heterocycles. The third kappa shape index (κ3) is 31.3. The Hall–Kier alpha value is -0.692. The van der Waals surface area contributed by atoms with Gasteiger partial charge in [0.15, 0.2) is 0 Å². The molecule has 2 rings (SSSR count). The molecule has 2 nitrogen and oxygen atoms in total. The van der Waals surface area contributed by atoms with Crippen molar-refractivity contribution in [2.75, 3.05) is 13.2 Å². The summed E-state index contributed by atoms with van der Waals surface area (Å²) in [5, 5.41) is 15.1. The molecule has 0 saturated heterocycles. The number of hydrogen-bond acceptors (Lipinski definition) is 2. The fourth-order valence-corrected chi connectivity index (χ4v) is 0.642. The van der Waals surface area contributed by atoms with Crippen LogP contribution in [0.15, 0.2) is 60.7 Å².